The number of pyridine rings is 1. The van der Waals surface area contributed by atoms with E-state index in [0.717, 1.165) is 23.5 Å². The van der Waals surface area contributed by atoms with E-state index in [9.17, 15) is 21.6 Å². The normalized spacial score (nSPS) is 12.2. The summed E-state index contributed by atoms with van der Waals surface area (Å²) >= 11 is 0.995. The number of nitrogens with two attached hydrogens (primary N) is 1. The van der Waals surface area contributed by atoms with Crippen molar-refractivity contribution in [2.45, 2.75) is 17.3 Å². The van der Waals surface area contributed by atoms with Crippen LogP contribution in [0.4, 0.5) is 13.2 Å². The molecule has 4 aromatic rings. The van der Waals surface area contributed by atoms with Gasteiger partial charge in [-0.1, -0.05) is 12.1 Å². The lowest BCUT2D eigenvalue weighted by Crippen LogP contribution is -2.09. The topological polar surface area (TPSA) is 98.8 Å². The van der Waals surface area contributed by atoms with E-state index in [4.69, 9.17) is 5.14 Å². The molecule has 0 aliphatic rings. The summed E-state index contributed by atoms with van der Waals surface area (Å²) in [5, 5.41) is 5.17. The number of halogens is 3. The fraction of sp³-hybridized carbons (Fsp3) is 0.0952. The van der Waals surface area contributed by atoms with Crippen LogP contribution in [0.1, 0.15) is 11.3 Å². The van der Waals surface area contributed by atoms with Gasteiger partial charge in [0.1, 0.15) is 4.21 Å². The molecule has 0 atom stereocenters. The van der Waals surface area contributed by atoms with E-state index < -0.39 is 21.8 Å². The third kappa shape index (κ3) is 4.69. The predicted octanol–water partition coefficient (Wildman–Crippen LogP) is 4.91. The number of nitrogens with zero attached hydrogens (tertiary/aromatic N) is 3. The zero-order valence-electron chi connectivity index (χ0n) is 16.5. The molecule has 3 heterocycles. The van der Waals surface area contributed by atoms with Gasteiger partial charge in [-0.2, -0.15) is 13.2 Å². The molecule has 0 spiro atoms. The van der Waals surface area contributed by atoms with Gasteiger partial charge < -0.3 is 0 Å². The number of benzene rings is 1. The molecular formula is C21H15F3N4O2S2. The zero-order chi connectivity index (χ0) is 23.1. The maximum Gasteiger partial charge on any atom is 0.416 e. The predicted molar refractivity (Wildman–Crippen MR) is 115 cm³/mol. The smallest absolute Gasteiger partial charge is 0.255 e. The summed E-state index contributed by atoms with van der Waals surface area (Å²) in [6.07, 6.45) is -2.87. The van der Waals surface area contributed by atoms with Gasteiger partial charge in [0.15, 0.2) is 5.82 Å². The first-order valence-electron chi connectivity index (χ1n) is 9.13. The van der Waals surface area contributed by atoms with Crippen molar-refractivity contribution < 1.29 is 21.6 Å². The van der Waals surface area contributed by atoms with E-state index in [0.29, 0.717) is 38.9 Å². The van der Waals surface area contributed by atoms with Gasteiger partial charge in [-0.15, -0.1) is 11.3 Å². The minimum atomic E-state index is -4.41. The van der Waals surface area contributed by atoms with E-state index in [1.807, 2.05) is 0 Å². The minimum absolute atomic E-state index is 0.0242. The second-order valence-electron chi connectivity index (χ2n) is 6.89. The van der Waals surface area contributed by atoms with Crippen LogP contribution in [0.25, 0.3) is 33.2 Å². The van der Waals surface area contributed by atoms with Crippen LogP contribution in [0.2, 0.25) is 0 Å². The molecule has 0 aliphatic heterocycles. The quantitative estimate of drug-likeness (QED) is 0.451. The van der Waals surface area contributed by atoms with Crippen molar-refractivity contribution in [2.75, 3.05) is 0 Å². The SMILES string of the molecule is Cc1cc(-c2ccc(C(F)(F)F)cc2)nc(-c2ccnc(-c3ccc(S(N)(=O)=O)s3)c2)n1. The van der Waals surface area contributed by atoms with Crippen molar-refractivity contribution in [3.8, 4) is 33.2 Å². The molecule has 0 amide bonds. The van der Waals surface area contributed by atoms with Crippen LogP contribution in [0.5, 0.6) is 0 Å². The molecule has 0 radical (unpaired) electrons. The molecule has 0 saturated carbocycles. The highest BCUT2D eigenvalue weighted by Gasteiger charge is 2.30. The van der Waals surface area contributed by atoms with Crippen molar-refractivity contribution >= 4 is 21.4 Å². The zero-order valence-corrected chi connectivity index (χ0v) is 18.1. The third-order valence-electron chi connectivity index (χ3n) is 4.49. The summed E-state index contributed by atoms with van der Waals surface area (Å²) in [4.78, 5) is 13.8. The number of sulfonamides is 1. The van der Waals surface area contributed by atoms with Crippen LogP contribution in [-0.4, -0.2) is 23.4 Å². The maximum atomic E-state index is 12.8. The Kier molecular flexibility index (Phi) is 5.57. The lowest BCUT2D eigenvalue weighted by Gasteiger charge is -2.09. The molecule has 3 aromatic heterocycles. The molecule has 1 aromatic carbocycles. The Bertz CT molecular complexity index is 1400. The summed E-state index contributed by atoms with van der Waals surface area (Å²) in [6, 6.07) is 12.9. The number of thiophene rings is 1. The van der Waals surface area contributed by atoms with Gasteiger partial charge in [-0.3, -0.25) is 4.98 Å². The van der Waals surface area contributed by atoms with E-state index in [2.05, 4.69) is 15.0 Å². The van der Waals surface area contributed by atoms with Gasteiger partial charge in [-0.05, 0) is 49.4 Å². The summed E-state index contributed by atoms with van der Waals surface area (Å²) in [6.45, 7) is 1.76. The molecule has 0 unspecified atom stereocenters. The van der Waals surface area contributed by atoms with Crippen LogP contribution < -0.4 is 5.14 Å². The van der Waals surface area contributed by atoms with Gasteiger partial charge in [0, 0.05) is 23.0 Å². The average Bonchev–Trinajstić information content (AvgIpc) is 3.24. The van der Waals surface area contributed by atoms with E-state index in [-0.39, 0.29) is 4.21 Å². The Morgan fingerprint density at radius 3 is 2.25 bits per heavy atom. The summed E-state index contributed by atoms with van der Waals surface area (Å²) in [7, 11) is -3.81. The summed E-state index contributed by atoms with van der Waals surface area (Å²) in [5.74, 6) is 0.367. The number of primary sulfonamides is 1. The van der Waals surface area contributed by atoms with Crippen molar-refractivity contribution in [3.05, 3.63) is 72.1 Å². The number of hydrogen-bond acceptors (Lipinski definition) is 6. The molecule has 0 bridgehead atoms. The Morgan fingerprint density at radius 1 is 0.906 bits per heavy atom. The highest BCUT2D eigenvalue weighted by Crippen LogP contribution is 2.33. The van der Waals surface area contributed by atoms with Gasteiger partial charge in [0.2, 0.25) is 10.0 Å². The lowest BCUT2D eigenvalue weighted by molar-refractivity contribution is -0.137. The van der Waals surface area contributed by atoms with E-state index in [1.165, 1.54) is 18.2 Å². The Balaban J connectivity index is 1.71. The summed E-state index contributed by atoms with van der Waals surface area (Å²) < 4.78 is 61.6. The minimum Gasteiger partial charge on any atom is -0.255 e. The second kappa shape index (κ2) is 8.08. The highest BCUT2D eigenvalue weighted by atomic mass is 32.2. The maximum absolute atomic E-state index is 12.8. The fourth-order valence-corrected chi connectivity index (χ4v) is 4.69. The average molecular weight is 477 g/mol. The second-order valence-corrected chi connectivity index (χ2v) is 9.76. The number of alkyl halides is 3. The molecule has 0 fully saturated rings. The van der Waals surface area contributed by atoms with Gasteiger partial charge in [-0.25, -0.2) is 23.5 Å². The van der Waals surface area contributed by atoms with Crippen LogP contribution in [-0.2, 0) is 16.2 Å². The molecule has 0 aliphatic carbocycles. The van der Waals surface area contributed by atoms with Crippen molar-refractivity contribution in [3.63, 3.8) is 0 Å². The Labute approximate surface area is 185 Å². The molecule has 4 rings (SSSR count). The van der Waals surface area contributed by atoms with Gasteiger partial charge >= 0.3 is 6.18 Å². The van der Waals surface area contributed by atoms with Gasteiger partial charge in [0.05, 0.1) is 21.8 Å². The lowest BCUT2D eigenvalue weighted by atomic mass is 10.1. The van der Waals surface area contributed by atoms with Crippen LogP contribution in [0, 0.1) is 6.92 Å². The first kappa shape index (κ1) is 22.1. The standard InChI is InChI=1S/C21H15F3N4O2S2/c1-12-10-16(13-2-4-15(5-3-13)21(22,23)24)28-20(27-12)14-8-9-26-17(11-14)18-6-7-19(31-18)32(25,29)30/h2-11H,1H3,(H2,25,29,30). The van der Waals surface area contributed by atoms with E-state index in [1.54, 1.807) is 37.4 Å². The number of rotatable bonds is 4. The number of hydrogen-bond donors (Lipinski definition) is 1. The Hall–Kier alpha value is -3.15. The third-order valence-corrected chi connectivity index (χ3v) is 7.04. The molecular weight excluding hydrogens is 461 g/mol. The van der Waals surface area contributed by atoms with E-state index >= 15 is 0 Å². The number of aromatic nitrogens is 3. The van der Waals surface area contributed by atoms with Crippen LogP contribution in [0.3, 0.4) is 0 Å². The molecule has 164 valence electrons. The molecule has 2 N–H and O–H groups in total. The fourth-order valence-electron chi connectivity index (χ4n) is 2.99. The first-order valence-corrected chi connectivity index (χ1v) is 11.5. The molecule has 32 heavy (non-hydrogen) atoms. The first-order chi connectivity index (χ1) is 15.0. The van der Waals surface area contributed by atoms with Crippen molar-refractivity contribution in [1.29, 1.82) is 0 Å². The molecule has 11 heteroatoms. The highest BCUT2D eigenvalue weighted by molar-refractivity contribution is 7.91. The largest absolute Gasteiger partial charge is 0.416 e. The monoisotopic (exact) mass is 476 g/mol. The molecule has 6 nitrogen and oxygen atoms in total. The van der Waals surface area contributed by atoms with Crippen LogP contribution in [0.15, 0.2) is 65.0 Å². The number of aryl methyl sites for hydroxylation is 1. The van der Waals surface area contributed by atoms with Crippen LogP contribution >= 0.6 is 11.3 Å². The molecule has 0 saturated heterocycles. The summed E-state index contributed by atoms with van der Waals surface area (Å²) in [5.41, 5.74) is 2.04. The Morgan fingerprint density at radius 2 is 1.62 bits per heavy atom. The van der Waals surface area contributed by atoms with Crippen molar-refractivity contribution in [1.82, 2.24) is 15.0 Å². The van der Waals surface area contributed by atoms with Crippen molar-refractivity contribution in [2.24, 2.45) is 5.14 Å². The van der Waals surface area contributed by atoms with Gasteiger partial charge in [0.25, 0.3) is 0 Å².